The minimum absolute atomic E-state index is 0.0205. The Morgan fingerprint density at radius 1 is 0.912 bits per heavy atom. The summed E-state index contributed by atoms with van der Waals surface area (Å²) < 4.78 is 0. The molecule has 1 amide bonds. The maximum atomic E-state index is 12.8. The molecule has 0 saturated heterocycles. The molecule has 0 aliphatic heterocycles. The van der Waals surface area contributed by atoms with Gasteiger partial charge in [0.25, 0.3) is 11.9 Å². The fourth-order valence-corrected chi connectivity index (χ4v) is 4.25. The normalized spacial score (nSPS) is 10.6. The number of benzene rings is 2. The van der Waals surface area contributed by atoms with Crippen molar-refractivity contribution in [2.45, 2.75) is 100.0 Å². The van der Waals surface area contributed by atoms with Gasteiger partial charge in [0.1, 0.15) is 0 Å². The topological polar surface area (TPSA) is 57.6 Å². The van der Waals surface area contributed by atoms with Crippen molar-refractivity contribution in [2.75, 3.05) is 7.05 Å². The Labute approximate surface area is 208 Å². The molecular formula is C30H47NO3. The van der Waals surface area contributed by atoms with E-state index in [1.165, 1.54) is 22.3 Å². The summed E-state index contributed by atoms with van der Waals surface area (Å²) in [6.45, 7) is 20.2. The molecule has 2 aromatic carbocycles. The molecule has 0 unspecified atom stereocenters. The minimum Gasteiger partial charge on any atom is -0.481 e. The van der Waals surface area contributed by atoms with Crippen molar-refractivity contribution in [1.29, 1.82) is 0 Å². The maximum Gasteiger partial charge on any atom is 0.300 e. The highest BCUT2D eigenvalue weighted by Gasteiger charge is 2.31. The second kappa shape index (κ2) is 14.6. The van der Waals surface area contributed by atoms with Crippen molar-refractivity contribution in [3.05, 3.63) is 69.8 Å². The molecule has 0 radical (unpaired) electrons. The lowest BCUT2D eigenvalue weighted by molar-refractivity contribution is -0.134. The Balaban J connectivity index is 0.00000164. The zero-order chi connectivity index (χ0) is 26.6. The summed E-state index contributed by atoms with van der Waals surface area (Å²) in [6, 6.07) is 13.6. The number of aliphatic carboxylic acids is 1. The van der Waals surface area contributed by atoms with Gasteiger partial charge in [0.05, 0.1) is 0 Å². The van der Waals surface area contributed by atoms with Crippen LogP contribution in [0.1, 0.15) is 106 Å². The third-order valence-corrected chi connectivity index (χ3v) is 6.59. The molecule has 0 heterocycles. The van der Waals surface area contributed by atoms with E-state index in [9.17, 15) is 4.79 Å². The number of hydrogen-bond donors (Lipinski definition) is 1. The van der Waals surface area contributed by atoms with E-state index in [1.54, 1.807) is 0 Å². The van der Waals surface area contributed by atoms with Crippen LogP contribution in [0.3, 0.4) is 0 Å². The Kier molecular flexibility index (Phi) is 13.5. The summed E-state index contributed by atoms with van der Waals surface area (Å²) in [5.41, 5.74) is 7.31. The molecule has 4 heteroatoms. The van der Waals surface area contributed by atoms with Gasteiger partial charge in [-0.3, -0.25) is 9.59 Å². The lowest BCUT2D eigenvalue weighted by atomic mass is 9.69. The standard InChI is InChI=1S/C26H37NO.C2H4O2.C2H6/c1-9-21-12-13-22(16-19(21)6)26(10-2,11-3)23-14-15-24(20(7)17-23)25(28)27(8)18(4)5;1-2(3)4;1-2/h12-18H,9-11H2,1-8H3;1H3,(H,3,4);1-2H3. The van der Waals surface area contributed by atoms with Crippen molar-refractivity contribution >= 4 is 11.9 Å². The number of aryl methyl sites for hydroxylation is 3. The fraction of sp³-hybridized carbons (Fsp3) is 0.533. The number of rotatable bonds is 7. The smallest absolute Gasteiger partial charge is 0.300 e. The highest BCUT2D eigenvalue weighted by molar-refractivity contribution is 5.95. The fourth-order valence-electron chi connectivity index (χ4n) is 4.25. The number of carboxylic acids is 1. The number of carboxylic acid groups (broad SMARTS) is 1. The van der Waals surface area contributed by atoms with Gasteiger partial charge >= 0.3 is 0 Å². The molecule has 1 N–H and O–H groups in total. The zero-order valence-corrected chi connectivity index (χ0v) is 23.4. The van der Waals surface area contributed by atoms with Crippen molar-refractivity contribution in [2.24, 2.45) is 0 Å². The average molecular weight is 470 g/mol. The quantitative estimate of drug-likeness (QED) is 0.455. The van der Waals surface area contributed by atoms with Crippen LogP contribution in [-0.4, -0.2) is 35.0 Å². The summed E-state index contributed by atoms with van der Waals surface area (Å²) in [7, 11) is 1.88. The minimum atomic E-state index is -0.833. The largest absolute Gasteiger partial charge is 0.481 e. The van der Waals surface area contributed by atoms with Gasteiger partial charge in [0.2, 0.25) is 0 Å². The molecule has 0 aliphatic rings. The molecule has 0 atom stereocenters. The highest BCUT2D eigenvalue weighted by atomic mass is 16.4. The van der Waals surface area contributed by atoms with Gasteiger partial charge < -0.3 is 10.0 Å². The number of hydrogen-bond acceptors (Lipinski definition) is 2. The van der Waals surface area contributed by atoms with Crippen molar-refractivity contribution in [3.63, 3.8) is 0 Å². The predicted octanol–water partition coefficient (Wildman–Crippen LogP) is 7.57. The molecule has 190 valence electrons. The van der Waals surface area contributed by atoms with E-state index in [1.807, 2.05) is 45.7 Å². The lowest BCUT2D eigenvalue weighted by Crippen LogP contribution is -2.33. The maximum absolute atomic E-state index is 12.8. The van der Waals surface area contributed by atoms with E-state index in [0.29, 0.717) is 0 Å². The van der Waals surface area contributed by atoms with E-state index in [2.05, 4.69) is 65.0 Å². The SMILES string of the molecule is CC.CC(=O)O.CCc1ccc(C(CC)(CC)c2ccc(C(=O)N(C)C(C)C)c(C)c2)cc1C. The van der Waals surface area contributed by atoms with Crippen LogP contribution in [0, 0.1) is 13.8 Å². The molecule has 4 nitrogen and oxygen atoms in total. The molecule has 0 spiro atoms. The van der Waals surface area contributed by atoms with Gasteiger partial charge in [-0.25, -0.2) is 0 Å². The van der Waals surface area contributed by atoms with Gasteiger partial charge in [-0.2, -0.15) is 0 Å². The first-order chi connectivity index (χ1) is 15.9. The Morgan fingerprint density at radius 2 is 1.35 bits per heavy atom. The van der Waals surface area contributed by atoms with E-state index < -0.39 is 5.97 Å². The van der Waals surface area contributed by atoms with Crippen molar-refractivity contribution in [1.82, 2.24) is 4.90 Å². The van der Waals surface area contributed by atoms with Crippen LogP contribution < -0.4 is 0 Å². The van der Waals surface area contributed by atoms with E-state index in [-0.39, 0.29) is 17.4 Å². The average Bonchev–Trinajstić information content (AvgIpc) is 2.80. The van der Waals surface area contributed by atoms with Gasteiger partial charge in [0, 0.05) is 31.0 Å². The highest BCUT2D eigenvalue weighted by Crippen LogP contribution is 2.40. The third kappa shape index (κ3) is 7.72. The van der Waals surface area contributed by atoms with Crippen LogP contribution in [-0.2, 0) is 16.6 Å². The second-order valence-corrected chi connectivity index (χ2v) is 8.84. The molecule has 34 heavy (non-hydrogen) atoms. The first kappa shape index (κ1) is 31.4. The molecule has 0 saturated carbocycles. The Hall–Kier alpha value is -2.62. The molecule has 0 aliphatic carbocycles. The van der Waals surface area contributed by atoms with Gasteiger partial charge in [0.15, 0.2) is 0 Å². The number of carbonyl (C=O) groups excluding carboxylic acids is 1. The Morgan fingerprint density at radius 3 is 1.71 bits per heavy atom. The third-order valence-electron chi connectivity index (χ3n) is 6.59. The summed E-state index contributed by atoms with van der Waals surface area (Å²) in [5.74, 6) is -0.735. The first-order valence-electron chi connectivity index (χ1n) is 12.6. The van der Waals surface area contributed by atoms with Crippen LogP contribution >= 0.6 is 0 Å². The molecule has 2 rings (SSSR count). The summed E-state index contributed by atoms with van der Waals surface area (Å²) in [5, 5.41) is 7.42. The first-order valence-corrected chi connectivity index (χ1v) is 12.6. The van der Waals surface area contributed by atoms with E-state index in [0.717, 1.165) is 37.3 Å². The van der Waals surface area contributed by atoms with Crippen LogP contribution in [0.5, 0.6) is 0 Å². The van der Waals surface area contributed by atoms with Crippen LogP contribution in [0.25, 0.3) is 0 Å². The van der Waals surface area contributed by atoms with Crippen LogP contribution in [0.2, 0.25) is 0 Å². The number of carbonyl (C=O) groups is 2. The summed E-state index contributed by atoms with van der Waals surface area (Å²) >= 11 is 0. The summed E-state index contributed by atoms with van der Waals surface area (Å²) in [6.07, 6.45) is 3.14. The molecule has 2 aromatic rings. The summed E-state index contributed by atoms with van der Waals surface area (Å²) in [4.78, 5) is 23.6. The molecule has 0 bridgehead atoms. The molecule has 0 fully saturated rings. The van der Waals surface area contributed by atoms with Crippen molar-refractivity contribution in [3.8, 4) is 0 Å². The molecule has 0 aromatic heterocycles. The zero-order valence-electron chi connectivity index (χ0n) is 23.4. The predicted molar refractivity (Wildman–Crippen MR) is 145 cm³/mol. The van der Waals surface area contributed by atoms with Gasteiger partial charge in [-0.1, -0.05) is 65.0 Å². The monoisotopic (exact) mass is 469 g/mol. The van der Waals surface area contributed by atoms with E-state index >= 15 is 0 Å². The Bertz CT molecular complexity index is 923. The van der Waals surface area contributed by atoms with Crippen LogP contribution in [0.4, 0.5) is 0 Å². The molecular weight excluding hydrogens is 422 g/mol. The van der Waals surface area contributed by atoms with E-state index in [4.69, 9.17) is 9.90 Å². The van der Waals surface area contributed by atoms with Gasteiger partial charge in [-0.15, -0.1) is 0 Å². The number of nitrogens with zero attached hydrogens (tertiary/aromatic N) is 1. The lowest BCUT2D eigenvalue weighted by Gasteiger charge is -2.34. The van der Waals surface area contributed by atoms with Crippen LogP contribution in [0.15, 0.2) is 36.4 Å². The number of amides is 1. The van der Waals surface area contributed by atoms with Gasteiger partial charge in [-0.05, 0) is 80.8 Å². The van der Waals surface area contributed by atoms with Crippen molar-refractivity contribution < 1.29 is 14.7 Å². The second-order valence-electron chi connectivity index (χ2n) is 8.84.